The zero-order chi connectivity index (χ0) is 13.2. The standard InChI is InChI=1S/C15H18N2O2/c1-19-14-4-2-3-11(8-14)7-12-10-17-6-5-13(18)9-15(17)16-12/h2-4,8,10,13,18H,5-7,9H2,1H3. The summed E-state index contributed by atoms with van der Waals surface area (Å²) in [6, 6.07) is 8.05. The van der Waals surface area contributed by atoms with Gasteiger partial charge >= 0.3 is 0 Å². The number of hydrogen-bond acceptors (Lipinski definition) is 3. The lowest BCUT2D eigenvalue weighted by Crippen LogP contribution is -2.22. The van der Waals surface area contributed by atoms with E-state index in [1.165, 1.54) is 5.56 Å². The van der Waals surface area contributed by atoms with Crippen LogP contribution in [0.3, 0.4) is 0 Å². The number of aromatic nitrogens is 2. The minimum atomic E-state index is -0.237. The third-order valence-electron chi connectivity index (χ3n) is 3.55. The van der Waals surface area contributed by atoms with Crippen LogP contribution in [0.1, 0.15) is 23.5 Å². The summed E-state index contributed by atoms with van der Waals surface area (Å²) in [5, 5.41) is 9.65. The molecule has 1 aliphatic heterocycles. The molecule has 0 saturated carbocycles. The van der Waals surface area contributed by atoms with Gasteiger partial charge in [0.25, 0.3) is 0 Å². The van der Waals surface area contributed by atoms with E-state index in [4.69, 9.17) is 4.74 Å². The monoisotopic (exact) mass is 258 g/mol. The summed E-state index contributed by atoms with van der Waals surface area (Å²) in [6.07, 6.45) is 4.15. The molecule has 4 heteroatoms. The number of benzene rings is 1. The largest absolute Gasteiger partial charge is 0.497 e. The smallest absolute Gasteiger partial charge is 0.119 e. The zero-order valence-electron chi connectivity index (χ0n) is 11.0. The maximum absolute atomic E-state index is 9.65. The number of ether oxygens (including phenoxy) is 1. The van der Waals surface area contributed by atoms with Crippen LogP contribution in [0.4, 0.5) is 0 Å². The first kappa shape index (κ1) is 12.2. The van der Waals surface area contributed by atoms with Crippen molar-refractivity contribution in [3.63, 3.8) is 0 Å². The Morgan fingerprint density at radius 1 is 1.47 bits per heavy atom. The van der Waals surface area contributed by atoms with E-state index in [2.05, 4.69) is 21.8 Å². The number of imidazole rings is 1. The summed E-state index contributed by atoms with van der Waals surface area (Å²) in [5.74, 6) is 1.87. The molecule has 1 aliphatic rings. The maximum atomic E-state index is 9.65. The number of fused-ring (bicyclic) bond motifs is 1. The predicted molar refractivity (Wildman–Crippen MR) is 72.4 cm³/mol. The van der Waals surface area contributed by atoms with Crippen molar-refractivity contribution in [2.75, 3.05) is 7.11 Å². The summed E-state index contributed by atoms with van der Waals surface area (Å²) in [5.41, 5.74) is 2.24. The quantitative estimate of drug-likeness (QED) is 0.913. The second-order valence-electron chi connectivity index (χ2n) is 5.02. The van der Waals surface area contributed by atoms with Crippen LogP contribution in [-0.4, -0.2) is 27.9 Å². The van der Waals surface area contributed by atoms with Crippen LogP contribution in [-0.2, 0) is 19.4 Å². The van der Waals surface area contributed by atoms with E-state index in [0.717, 1.165) is 36.7 Å². The van der Waals surface area contributed by atoms with Gasteiger partial charge in [0.2, 0.25) is 0 Å². The van der Waals surface area contributed by atoms with E-state index in [-0.39, 0.29) is 6.10 Å². The highest BCUT2D eigenvalue weighted by atomic mass is 16.5. The van der Waals surface area contributed by atoms with Crippen LogP contribution < -0.4 is 4.74 Å². The van der Waals surface area contributed by atoms with Crippen molar-refractivity contribution in [2.24, 2.45) is 0 Å². The fourth-order valence-corrected chi connectivity index (χ4v) is 2.55. The highest BCUT2D eigenvalue weighted by Gasteiger charge is 2.18. The van der Waals surface area contributed by atoms with Crippen molar-refractivity contribution >= 4 is 0 Å². The lowest BCUT2D eigenvalue weighted by atomic mass is 10.1. The second-order valence-corrected chi connectivity index (χ2v) is 5.02. The number of aryl methyl sites for hydroxylation is 1. The Labute approximate surface area is 112 Å². The average Bonchev–Trinajstić information content (AvgIpc) is 2.80. The Morgan fingerprint density at radius 2 is 2.37 bits per heavy atom. The molecule has 1 aromatic heterocycles. The van der Waals surface area contributed by atoms with Crippen LogP contribution in [0.2, 0.25) is 0 Å². The van der Waals surface area contributed by atoms with Gasteiger partial charge in [0.1, 0.15) is 11.6 Å². The van der Waals surface area contributed by atoms with Crippen LogP contribution >= 0.6 is 0 Å². The van der Waals surface area contributed by atoms with Crippen LogP contribution in [0.5, 0.6) is 5.75 Å². The van der Waals surface area contributed by atoms with E-state index in [9.17, 15) is 5.11 Å². The van der Waals surface area contributed by atoms with Gasteiger partial charge in [-0.1, -0.05) is 12.1 Å². The van der Waals surface area contributed by atoms with E-state index in [0.29, 0.717) is 6.42 Å². The minimum Gasteiger partial charge on any atom is -0.497 e. The van der Waals surface area contributed by atoms with Crippen LogP contribution in [0.25, 0.3) is 0 Å². The molecule has 1 atom stereocenters. The summed E-state index contributed by atoms with van der Waals surface area (Å²) in [6.45, 7) is 0.863. The van der Waals surface area contributed by atoms with Gasteiger partial charge < -0.3 is 14.4 Å². The topological polar surface area (TPSA) is 47.3 Å². The maximum Gasteiger partial charge on any atom is 0.119 e. The SMILES string of the molecule is COc1cccc(Cc2cn3c(n2)CC(O)CC3)c1. The Balaban J connectivity index is 1.80. The first-order valence-electron chi connectivity index (χ1n) is 6.60. The molecular weight excluding hydrogens is 240 g/mol. The number of hydrogen-bond donors (Lipinski definition) is 1. The summed E-state index contributed by atoms with van der Waals surface area (Å²) >= 11 is 0. The van der Waals surface area contributed by atoms with Crippen molar-refractivity contribution in [3.8, 4) is 5.75 Å². The predicted octanol–water partition coefficient (Wildman–Crippen LogP) is 1.79. The number of aliphatic hydroxyl groups is 1. The van der Waals surface area contributed by atoms with Crippen molar-refractivity contribution in [3.05, 3.63) is 47.5 Å². The third kappa shape index (κ3) is 2.63. The van der Waals surface area contributed by atoms with Crippen LogP contribution in [0, 0.1) is 0 Å². The molecular formula is C15H18N2O2. The van der Waals surface area contributed by atoms with Crippen molar-refractivity contribution in [1.29, 1.82) is 0 Å². The third-order valence-corrected chi connectivity index (χ3v) is 3.55. The van der Waals surface area contributed by atoms with Gasteiger partial charge in [-0.3, -0.25) is 0 Å². The van der Waals surface area contributed by atoms with Gasteiger partial charge in [0.15, 0.2) is 0 Å². The molecule has 19 heavy (non-hydrogen) atoms. The molecule has 0 bridgehead atoms. The molecule has 4 nitrogen and oxygen atoms in total. The molecule has 0 amide bonds. The molecule has 0 spiro atoms. The highest BCUT2D eigenvalue weighted by Crippen LogP contribution is 2.19. The number of rotatable bonds is 3. The lowest BCUT2D eigenvalue weighted by molar-refractivity contribution is 0.141. The molecule has 2 aromatic rings. The Hall–Kier alpha value is -1.81. The molecule has 1 N–H and O–H groups in total. The molecule has 0 saturated heterocycles. The van der Waals surface area contributed by atoms with E-state index in [1.807, 2.05) is 18.2 Å². The Kier molecular flexibility index (Phi) is 3.25. The van der Waals surface area contributed by atoms with Gasteiger partial charge in [-0.25, -0.2) is 4.98 Å². The van der Waals surface area contributed by atoms with E-state index in [1.54, 1.807) is 7.11 Å². The van der Waals surface area contributed by atoms with E-state index < -0.39 is 0 Å². The molecule has 0 aliphatic carbocycles. The van der Waals surface area contributed by atoms with E-state index >= 15 is 0 Å². The number of methoxy groups -OCH3 is 1. The second kappa shape index (κ2) is 5.05. The fraction of sp³-hybridized carbons (Fsp3) is 0.400. The molecule has 1 unspecified atom stereocenters. The van der Waals surface area contributed by atoms with Gasteiger partial charge in [-0.2, -0.15) is 0 Å². The Morgan fingerprint density at radius 3 is 3.21 bits per heavy atom. The first-order chi connectivity index (χ1) is 9.24. The molecule has 1 aromatic carbocycles. The first-order valence-corrected chi connectivity index (χ1v) is 6.60. The summed E-state index contributed by atoms with van der Waals surface area (Å²) < 4.78 is 7.38. The average molecular weight is 258 g/mol. The van der Waals surface area contributed by atoms with Gasteiger partial charge in [-0.15, -0.1) is 0 Å². The molecule has 0 radical (unpaired) electrons. The van der Waals surface area contributed by atoms with Crippen molar-refractivity contribution < 1.29 is 9.84 Å². The minimum absolute atomic E-state index is 0.237. The number of nitrogens with zero attached hydrogens (tertiary/aromatic N) is 2. The molecule has 3 rings (SSSR count). The highest BCUT2D eigenvalue weighted by molar-refractivity contribution is 5.31. The molecule has 100 valence electrons. The van der Waals surface area contributed by atoms with Gasteiger partial charge in [0, 0.05) is 25.6 Å². The summed E-state index contributed by atoms with van der Waals surface area (Å²) in [7, 11) is 1.68. The lowest BCUT2D eigenvalue weighted by Gasteiger charge is -2.18. The van der Waals surface area contributed by atoms with Crippen molar-refractivity contribution in [1.82, 2.24) is 9.55 Å². The Bertz CT molecular complexity index is 577. The molecule has 0 fully saturated rings. The van der Waals surface area contributed by atoms with Crippen LogP contribution in [0.15, 0.2) is 30.5 Å². The number of aliphatic hydroxyl groups excluding tert-OH is 1. The van der Waals surface area contributed by atoms with Crippen molar-refractivity contribution in [2.45, 2.75) is 31.9 Å². The van der Waals surface area contributed by atoms with Gasteiger partial charge in [0.05, 0.1) is 18.9 Å². The molecule has 2 heterocycles. The zero-order valence-corrected chi connectivity index (χ0v) is 11.0. The normalized spacial score (nSPS) is 18.1. The fourth-order valence-electron chi connectivity index (χ4n) is 2.55. The van der Waals surface area contributed by atoms with Gasteiger partial charge in [-0.05, 0) is 24.1 Å². The summed E-state index contributed by atoms with van der Waals surface area (Å²) in [4.78, 5) is 4.61.